The molecule has 0 saturated heterocycles. The van der Waals surface area contributed by atoms with E-state index in [0.29, 0.717) is 6.54 Å². The molecule has 2 amide bonds. The number of benzene rings is 1. The summed E-state index contributed by atoms with van der Waals surface area (Å²) in [7, 11) is 0. The Morgan fingerprint density at radius 1 is 1.30 bits per heavy atom. The molecule has 0 spiro atoms. The molecule has 1 aromatic rings. The number of hydrogen-bond donors (Lipinski definition) is 2. The quantitative estimate of drug-likeness (QED) is 0.887. The standard InChI is InChI=1S/C18H27N3O2/c1-11(2)17(19)18(23)20-10-16(22)21-7-5-6-14-13(4)8-12(3)9-15(14)21/h8-9,11,17H,5-7,10,19H2,1-4H3,(H,20,23)/t17-/m0/s1. The molecular formula is C18H27N3O2. The van der Waals surface area contributed by atoms with Gasteiger partial charge in [-0.3, -0.25) is 9.59 Å². The SMILES string of the molecule is Cc1cc(C)c2c(c1)N(C(=O)CNC(=O)[C@@H](N)C(C)C)CCC2. The number of nitrogens with one attached hydrogen (secondary N) is 1. The van der Waals surface area contributed by atoms with Crippen molar-refractivity contribution >= 4 is 17.5 Å². The monoisotopic (exact) mass is 317 g/mol. The van der Waals surface area contributed by atoms with Gasteiger partial charge in [0.05, 0.1) is 12.6 Å². The molecule has 23 heavy (non-hydrogen) atoms. The van der Waals surface area contributed by atoms with E-state index in [4.69, 9.17) is 5.73 Å². The maximum absolute atomic E-state index is 12.6. The summed E-state index contributed by atoms with van der Waals surface area (Å²) in [5.41, 5.74) is 10.4. The van der Waals surface area contributed by atoms with Crippen LogP contribution >= 0.6 is 0 Å². The van der Waals surface area contributed by atoms with Crippen molar-refractivity contribution in [3.8, 4) is 0 Å². The third kappa shape index (κ3) is 3.91. The van der Waals surface area contributed by atoms with E-state index in [1.54, 1.807) is 4.90 Å². The average molecular weight is 317 g/mol. The number of carbonyl (C=O) groups excluding carboxylic acids is 2. The molecule has 0 aromatic heterocycles. The number of carbonyl (C=O) groups is 2. The lowest BCUT2D eigenvalue weighted by atomic mass is 9.95. The summed E-state index contributed by atoms with van der Waals surface area (Å²) in [6, 6.07) is 3.62. The molecule has 0 radical (unpaired) electrons. The van der Waals surface area contributed by atoms with Crippen LogP contribution in [0.2, 0.25) is 0 Å². The zero-order valence-electron chi connectivity index (χ0n) is 14.5. The number of fused-ring (bicyclic) bond motifs is 1. The van der Waals surface area contributed by atoms with Crippen molar-refractivity contribution in [2.75, 3.05) is 18.0 Å². The first-order valence-electron chi connectivity index (χ1n) is 8.25. The summed E-state index contributed by atoms with van der Waals surface area (Å²) >= 11 is 0. The van der Waals surface area contributed by atoms with Gasteiger partial charge in [-0.15, -0.1) is 0 Å². The largest absolute Gasteiger partial charge is 0.346 e. The summed E-state index contributed by atoms with van der Waals surface area (Å²) < 4.78 is 0. The normalized spacial score (nSPS) is 15.3. The van der Waals surface area contributed by atoms with Gasteiger partial charge in [0.1, 0.15) is 0 Å². The van der Waals surface area contributed by atoms with Crippen molar-refractivity contribution in [3.05, 3.63) is 28.8 Å². The van der Waals surface area contributed by atoms with Crippen LogP contribution in [0.15, 0.2) is 12.1 Å². The minimum atomic E-state index is -0.582. The van der Waals surface area contributed by atoms with E-state index >= 15 is 0 Å². The maximum atomic E-state index is 12.6. The maximum Gasteiger partial charge on any atom is 0.246 e. The van der Waals surface area contributed by atoms with Crippen LogP contribution in [0.4, 0.5) is 5.69 Å². The topological polar surface area (TPSA) is 75.4 Å². The minimum absolute atomic E-state index is 0.00825. The summed E-state index contributed by atoms with van der Waals surface area (Å²) in [6.45, 7) is 8.58. The molecule has 3 N–H and O–H groups in total. The fourth-order valence-corrected chi connectivity index (χ4v) is 3.01. The van der Waals surface area contributed by atoms with Gasteiger partial charge < -0.3 is 16.0 Å². The number of amides is 2. The van der Waals surface area contributed by atoms with Gasteiger partial charge in [0.2, 0.25) is 11.8 Å². The Bertz CT molecular complexity index is 611. The highest BCUT2D eigenvalue weighted by Crippen LogP contribution is 2.31. The fraction of sp³-hybridized carbons (Fsp3) is 0.556. The first-order chi connectivity index (χ1) is 10.8. The van der Waals surface area contributed by atoms with Gasteiger partial charge in [0, 0.05) is 12.2 Å². The van der Waals surface area contributed by atoms with Gasteiger partial charge in [0.15, 0.2) is 0 Å². The number of anilines is 1. The Hall–Kier alpha value is -1.88. The lowest BCUT2D eigenvalue weighted by molar-refractivity contribution is -0.126. The highest BCUT2D eigenvalue weighted by molar-refractivity contribution is 5.98. The molecule has 0 fully saturated rings. The molecule has 0 aliphatic carbocycles. The molecule has 1 aromatic carbocycles. The summed E-state index contributed by atoms with van der Waals surface area (Å²) in [6.07, 6.45) is 1.94. The number of aryl methyl sites for hydroxylation is 2. The Labute approximate surface area is 138 Å². The lowest BCUT2D eigenvalue weighted by Crippen LogP contribution is -2.48. The molecule has 1 heterocycles. The Kier molecular flexibility index (Phi) is 5.42. The predicted octanol–water partition coefficient (Wildman–Crippen LogP) is 1.68. The van der Waals surface area contributed by atoms with E-state index in [1.165, 1.54) is 11.1 Å². The molecule has 2 rings (SSSR count). The van der Waals surface area contributed by atoms with Gasteiger partial charge in [-0.1, -0.05) is 19.9 Å². The molecule has 5 heteroatoms. The molecule has 5 nitrogen and oxygen atoms in total. The Balaban J connectivity index is 2.09. The van der Waals surface area contributed by atoms with Gasteiger partial charge in [-0.25, -0.2) is 0 Å². The zero-order chi connectivity index (χ0) is 17.1. The van der Waals surface area contributed by atoms with Crippen molar-refractivity contribution in [2.24, 2.45) is 11.7 Å². The van der Waals surface area contributed by atoms with E-state index in [9.17, 15) is 9.59 Å². The molecule has 1 aliphatic rings. The number of hydrogen-bond acceptors (Lipinski definition) is 3. The number of nitrogens with two attached hydrogens (primary N) is 1. The summed E-state index contributed by atoms with van der Waals surface area (Å²) in [4.78, 5) is 26.3. The minimum Gasteiger partial charge on any atom is -0.346 e. The van der Waals surface area contributed by atoms with E-state index in [-0.39, 0.29) is 24.3 Å². The van der Waals surface area contributed by atoms with Crippen LogP contribution in [-0.2, 0) is 16.0 Å². The summed E-state index contributed by atoms with van der Waals surface area (Å²) in [5, 5.41) is 2.67. The molecule has 0 bridgehead atoms. The third-order valence-electron chi connectivity index (χ3n) is 4.43. The molecule has 0 saturated carbocycles. The van der Waals surface area contributed by atoms with Crippen molar-refractivity contribution in [3.63, 3.8) is 0 Å². The van der Waals surface area contributed by atoms with Crippen molar-refractivity contribution in [1.29, 1.82) is 0 Å². The second-order valence-corrected chi connectivity index (χ2v) is 6.72. The van der Waals surface area contributed by atoms with Gasteiger partial charge >= 0.3 is 0 Å². The highest BCUT2D eigenvalue weighted by atomic mass is 16.2. The second kappa shape index (κ2) is 7.13. The van der Waals surface area contributed by atoms with Crippen LogP contribution in [0.5, 0.6) is 0 Å². The highest BCUT2D eigenvalue weighted by Gasteiger charge is 2.25. The van der Waals surface area contributed by atoms with Gasteiger partial charge in [0.25, 0.3) is 0 Å². The molecule has 0 unspecified atom stereocenters. The van der Waals surface area contributed by atoms with Crippen LogP contribution in [-0.4, -0.2) is 30.9 Å². The molecule has 1 aliphatic heterocycles. The fourth-order valence-electron chi connectivity index (χ4n) is 3.01. The molecule has 1 atom stereocenters. The van der Waals surface area contributed by atoms with E-state index < -0.39 is 6.04 Å². The first kappa shape index (κ1) is 17.5. The average Bonchev–Trinajstić information content (AvgIpc) is 2.50. The first-order valence-corrected chi connectivity index (χ1v) is 8.25. The Morgan fingerprint density at radius 2 is 2.00 bits per heavy atom. The van der Waals surface area contributed by atoms with Crippen LogP contribution in [0.1, 0.15) is 37.0 Å². The van der Waals surface area contributed by atoms with Crippen LogP contribution in [0.3, 0.4) is 0 Å². The lowest BCUT2D eigenvalue weighted by Gasteiger charge is -2.31. The van der Waals surface area contributed by atoms with Crippen LogP contribution in [0.25, 0.3) is 0 Å². The van der Waals surface area contributed by atoms with Crippen molar-refractivity contribution in [2.45, 2.75) is 46.6 Å². The van der Waals surface area contributed by atoms with Crippen LogP contribution < -0.4 is 16.0 Å². The van der Waals surface area contributed by atoms with E-state index in [1.807, 2.05) is 20.8 Å². The van der Waals surface area contributed by atoms with Crippen molar-refractivity contribution < 1.29 is 9.59 Å². The Morgan fingerprint density at radius 3 is 2.65 bits per heavy atom. The summed E-state index contributed by atoms with van der Waals surface area (Å²) in [5.74, 6) is -0.308. The van der Waals surface area contributed by atoms with Gasteiger partial charge in [-0.2, -0.15) is 0 Å². The second-order valence-electron chi connectivity index (χ2n) is 6.72. The third-order valence-corrected chi connectivity index (χ3v) is 4.43. The number of rotatable bonds is 4. The van der Waals surface area contributed by atoms with Gasteiger partial charge in [-0.05, 0) is 55.4 Å². The van der Waals surface area contributed by atoms with E-state index in [0.717, 1.165) is 24.1 Å². The van der Waals surface area contributed by atoms with Crippen molar-refractivity contribution in [1.82, 2.24) is 5.32 Å². The molecular weight excluding hydrogens is 290 g/mol. The smallest absolute Gasteiger partial charge is 0.246 e. The number of nitrogens with zero attached hydrogens (tertiary/aromatic N) is 1. The molecule has 126 valence electrons. The van der Waals surface area contributed by atoms with E-state index in [2.05, 4.69) is 24.4 Å². The zero-order valence-corrected chi connectivity index (χ0v) is 14.5. The predicted molar refractivity (Wildman–Crippen MR) is 92.4 cm³/mol. The van der Waals surface area contributed by atoms with Crippen LogP contribution in [0, 0.1) is 19.8 Å².